The predicted molar refractivity (Wildman–Crippen MR) is 29.4 cm³/mol. The molecule has 5 nitrogen and oxygen atoms in total. The maximum absolute atomic E-state index is 9.00. The van der Waals surface area contributed by atoms with Gasteiger partial charge in [0.2, 0.25) is 0 Å². The van der Waals surface area contributed by atoms with Gasteiger partial charge < -0.3 is 16.6 Å². The molecule has 0 saturated heterocycles. The minimum absolute atomic E-state index is 0. The normalized spacial score (nSPS) is 5.44. The number of nitrogens with two attached hydrogens (primary N) is 2. The molecule has 54 valence electrons. The van der Waals surface area contributed by atoms with Crippen LogP contribution in [0.25, 0.3) is 0 Å². The van der Waals surface area contributed by atoms with Crippen LogP contribution in [0.4, 0.5) is 0 Å². The van der Waals surface area contributed by atoms with Crippen molar-refractivity contribution in [3.63, 3.8) is 0 Å². The summed E-state index contributed by atoms with van der Waals surface area (Å²) < 4.78 is 0. The Morgan fingerprint density at radius 3 is 1.56 bits per heavy atom. The summed E-state index contributed by atoms with van der Waals surface area (Å²) >= 11 is 0. The molecular weight excluding hydrogens is 260 g/mol. The van der Waals surface area contributed by atoms with Crippen LogP contribution in [-0.4, -0.2) is 17.0 Å². The molecule has 9 heavy (non-hydrogen) atoms. The number of guanidine groups is 1. The van der Waals surface area contributed by atoms with E-state index in [-0.39, 0.29) is 46.3 Å². The van der Waals surface area contributed by atoms with Crippen LogP contribution in [0.15, 0.2) is 0 Å². The minimum Gasteiger partial charge on any atom is -0.481 e. The molecular formula is C3H9N3O2Sm. The maximum Gasteiger partial charge on any atom is 0.300 e. The number of carbonyl (C=O) groups is 1. The Hall–Kier alpha value is 0.0777. The standard InChI is InChI=1S/C2H4O2.CH5N3.Sm/c1-2(3)4;2-1(3)4;/h1H3,(H,3,4);(H5,2,3,4);. The topological polar surface area (TPSA) is 113 Å². The smallest absolute Gasteiger partial charge is 0.300 e. The molecule has 0 aromatic rings. The van der Waals surface area contributed by atoms with Gasteiger partial charge in [0.1, 0.15) is 0 Å². The van der Waals surface area contributed by atoms with Crippen molar-refractivity contribution in [1.82, 2.24) is 0 Å². The molecule has 0 aliphatic heterocycles. The first-order chi connectivity index (χ1) is 3.46. The van der Waals surface area contributed by atoms with Crippen molar-refractivity contribution >= 4 is 11.9 Å². The molecule has 0 saturated carbocycles. The van der Waals surface area contributed by atoms with Crippen molar-refractivity contribution < 1.29 is 50.3 Å². The average molecular weight is 269 g/mol. The number of rotatable bonds is 0. The number of hydrogen-bond acceptors (Lipinski definition) is 2. The van der Waals surface area contributed by atoms with Crippen molar-refractivity contribution in [2.75, 3.05) is 0 Å². The monoisotopic (exact) mass is 271 g/mol. The van der Waals surface area contributed by atoms with Crippen molar-refractivity contribution in [3.05, 3.63) is 0 Å². The van der Waals surface area contributed by atoms with Crippen molar-refractivity contribution in [2.45, 2.75) is 6.92 Å². The predicted octanol–water partition coefficient (Wildman–Crippen LogP) is -1.07. The van der Waals surface area contributed by atoms with E-state index in [2.05, 4.69) is 11.5 Å². The molecule has 6 N–H and O–H groups in total. The average Bonchev–Trinajstić information content (AvgIpc) is 1.25. The van der Waals surface area contributed by atoms with Crippen molar-refractivity contribution in [1.29, 1.82) is 5.41 Å². The fraction of sp³-hybridized carbons (Fsp3) is 0.333. The molecule has 0 rings (SSSR count). The third kappa shape index (κ3) is 49500. The first-order valence-electron chi connectivity index (χ1n) is 1.76. The van der Waals surface area contributed by atoms with Crippen LogP contribution in [0.5, 0.6) is 0 Å². The van der Waals surface area contributed by atoms with Gasteiger partial charge in [0.25, 0.3) is 5.97 Å². The first-order valence-corrected chi connectivity index (χ1v) is 1.76. The van der Waals surface area contributed by atoms with Crippen LogP contribution < -0.4 is 11.5 Å². The van der Waals surface area contributed by atoms with E-state index in [9.17, 15) is 0 Å². The second-order valence-electron chi connectivity index (χ2n) is 0.974. The van der Waals surface area contributed by atoms with Crippen LogP contribution in [-0.2, 0) is 4.79 Å². The fourth-order valence-corrected chi connectivity index (χ4v) is 0. The summed E-state index contributed by atoms with van der Waals surface area (Å²) in [6.45, 7) is 1.08. The molecule has 0 amide bonds. The SMILES string of the molecule is CC(=O)O.N=C(N)N.[Sm]. The Labute approximate surface area is 85.4 Å². The van der Waals surface area contributed by atoms with E-state index >= 15 is 0 Å². The third-order valence-electron chi connectivity index (χ3n) is 0. The Balaban J connectivity index is -0.0000000720. The van der Waals surface area contributed by atoms with Crippen LogP contribution in [0.2, 0.25) is 0 Å². The molecule has 0 radical (unpaired) electrons. The molecule has 0 atom stereocenters. The molecule has 6 heteroatoms. The molecule has 0 aromatic carbocycles. The Bertz CT molecular complexity index is 75.1. The van der Waals surface area contributed by atoms with Gasteiger partial charge in [-0.15, -0.1) is 0 Å². The largest absolute Gasteiger partial charge is 0.481 e. The number of hydrogen-bond donors (Lipinski definition) is 4. The van der Waals surface area contributed by atoms with Gasteiger partial charge in [-0.25, -0.2) is 0 Å². The molecule has 0 aliphatic carbocycles. The summed E-state index contributed by atoms with van der Waals surface area (Å²) in [6, 6.07) is 0. The van der Waals surface area contributed by atoms with E-state index in [1.54, 1.807) is 0 Å². The van der Waals surface area contributed by atoms with Gasteiger partial charge in [0.15, 0.2) is 5.96 Å². The van der Waals surface area contributed by atoms with Crippen LogP contribution in [0, 0.1) is 45.8 Å². The molecule has 0 aliphatic rings. The zero-order valence-electron chi connectivity index (χ0n) is 4.92. The second kappa shape index (κ2) is 11.0. The van der Waals surface area contributed by atoms with Gasteiger partial charge in [-0.05, 0) is 0 Å². The van der Waals surface area contributed by atoms with Crippen molar-refractivity contribution in [2.24, 2.45) is 11.5 Å². The summed E-state index contributed by atoms with van der Waals surface area (Å²) in [5, 5.41) is 13.5. The van der Waals surface area contributed by atoms with Crippen molar-refractivity contribution in [3.8, 4) is 0 Å². The number of aliphatic carboxylic acids is 1. The van der Waals surface area contributed by atoms with Gasteiger partial charge in [-0.3, -0.25) is 10.2 Å². The van der Waals surface area contributed by atoms with Gasteiger partial charge in [-0.1, -0.05) is 0 Å². The zero-order chi connectivity index (χ0) is 7.15. The van der Waals surface area contributed by atoms with Gasteiger partial charge >= 0.3 is 0 Å². The Morgan fingerprint density at radius 2 is 1.56 bits per heavy atom. The first kappa shape index (κ1) is 16.0. The molecule has 0 spiro atoms. The van der Waals surface area contributed by atoms with Gasteiger partial charge in [0, 0.05) is 47.3 Å². The molecule has 0 heterocycles. The Morgan fingerprint density at radius 1 is 1.56 bits per heavy atom. The maximum atomic E-state index is 9.00. The number of nitrogens with one attached hydrogen (secondary N) is 1. The summed E-state index contributed by atoms with van der Waals surface area (Å²) in [7, 11) is 0. The quantitative estimate of drug-likeness (QED) is 0.331. The van der Waals surface area contributed by atoms with E-state index in [4.69, 9.17) is 15.3 Å². The van der Waals surface area contributed by atoms with Crippen LogP contribution >= 0.6 is 0 Å². The van der Waals surface area contributed by atoms with E-state index in [1.807, 2.05) is 0 Å². The second-order valence-corrected chi connectivity index (χ2v) is 0.974. The van der Waals surface area contributed by atoms with E-state index in [0.29, 0.717) is 0 Å². The molecule has 0 bridgehead atoms. The van der Waals surface area contributed by atoms with Crippen LogP contribution in [0.3, 0.4) is 0 Å². The number of carboxylic acids is 1. The minimum atomic E-state index is -0.833. The van der Waals surface area contributed by atoms with Gasteiger partial charge in [-0.2, -0.15) is 0 Å². The molecule has 0 aromatic heterocycles. The summed E-state index contributed by atoms with van der Waals surface area (Å²) in [5.41, 5.74) is 8.94. The summed E-state index contributed by atoms with van der Waals surface area (Å²) in [4.78, 5) is 9.00. The molecule has 0 unspecified atom stereocenters. The number of carboxylic acid groups (broad SMARTS) is 1. The zero-order valence-corrected chi connectivity index (χ0v) is 7.54. The summed E-state index contributed by atoms with van der Waals surface area (Å²) in [6.07, 6.45) is 0. The van der Waals surface area contributed by atoms with E-state index in [0.717, 1.165) is 6.92 Å². The van der Waals surface area contributed by atoms with E-state index in [1.165, 1.54) is 0 Å². The Kier molecular flexibility index (Phi) is 19.5. The fourth-order valence-electron chi connectivity index (χ4n) is 0. The van der Waals surface area contributed by atoms with Crippen LogP contribution in [0.1, 0.15) is 6.92 Å². The third-order valence-corrected chi connectivity index (χ3v) is 0. The van der Waals surface area contributed by atoms with Gasteiger partial charge in [0.05, 0.1) is 0 Å². The molecule has 0 fully saturated rings. The van der Waals surface area contributed by atoms with E-state index < -0.39 is 5.97 Å². The summed E-state index contributed by atoms with van der Waals surface area (Å²) in [5.74, 6) is -1.17.